The van der Waals surface area contributed by atoms with E-state index in [0.717, 1.165) is 0 Å². The highest BCUT2D eigenvalue weighted by Gasteiger charge is 2.21. The largest absolute Gasteiger partial charge is 0.490 e. The van der Waals surface area contributed by atoms with Crippen molar-refractivity contribution >= 4 is 16.5 Å². The second-order valence-corrected chi connectivity index (χ2v) is 3.62. The van der Waals surface area contributed by atoms with Gasteiger partial charge in [-0.3, -0.25) is 14.9 Å². The fourth-order valence-electron chi connectivity index (χ4n) is 1.80. The van der Waals surface area contributed by atoms with E-state index in [1.807, 2.05) is 0 Å². The molecule has 0 amide bonds. The number of methoxy groups -OCH3 is 1. The third-order valence-corrected chi connectivity index (χ3v) is 2.49. The summed E-state index contributed by atoms with van der Waals surface area (Å²) in [6, 6.07) is 4.80. The Balaban J connectivity index is 2.99. The number of hydrogen-bond donors (Lipinski definition) is 1. The van der Waals surface area contributed by atoms with E-state index in [1.54, 1.807) is 19.1 Å². The van der Waals surface area contributed by atoms with Gasteiger partial charge in [0.05, 0.1) is 12.0 Å². The maximum absolute atomic E-state index is 11.8. The molecule has 1 aromatic carbocycles. The van der Waals surface area contributed by atoms with Crippen molar-refractivity contribution in [3.05, 3.63) is 44.4 Å². The Morgan fingerprint density at radius 1 is 1.41 bits per heavy atom. The lowest BCUT2D eigenvalue weighted by molar-refractivity contribution is -0.384. The summed E-state index contributed by atoms with van der Waals surface area (Å²) in [6.45, 7) is 1.72. The van der Waals surface area contributed by atoms with E-state index in [9.17, 15) is 14.9 Å². The second kappa shape index (κ2) is 3.89. The molecule has 0 saturated heterocycles. The topological polar surface area (TPSA) is 85.2 Å². The summed E-state index contributed by atoms with van der Waals surface area (Å²) in [5.74, 6) is 0.0804. The lowest BCUT2D eigenvalue weighted by Gasteiger charge is -2.05. The third kappa shape index (κ3) is 1.73. The van der Waals surface area contributed by atoms with Crippen LogP contribution in [0.5, 0.6) is 5.75 Å². The monoisotopic (exact) mass is 234 g/mol. The first-order valence-electron chi connectivity index (χ1n) is 4.89. The van der Waals surface area contributed by atoms with Crippen LogP contribution in [0, 0.1) is 17.0 Å². The molecule has 0 radical (unpaired) electrons. The van der Waals surface area contributed by atoms with Gasteiger partial charge in [0.25, 0.3) is 5.56 Å². The van der Waals surface area contributed by atoms with Crippen LogP contribution in [0.1, 0.15) is 5.69 Å². The van der Waals surface area contributed by atoms with Crippen molar-refractivity contribution in [2.45, 2.75) is 6.92 Å². The van der Waals surface area contributed by atoms with Gasteiger partial charge in [-0.25, -0.2) is 0 Å². The van der Waals surface area contributed by atoms with Crippen LogP contribution in [0.4, 0.5) is 5.69 Å². The Hall–Kier alpha value is -2.37. The minimum Gasteiger partial charge on any atom is -0.490 e. The maximum atomic E-state index is 11.8. The molecule has 0 unspecified atom stereocenters. The van der Waals surface area contributed by atoms with Crippen molar-refractivity contribution < 1.29 is 9.66 Å². The van der Waals surface area contributed by atoms with Gasteiger partial charge in [-0.2, -0.15) is 0 Å². The number of benzene rings is 1. The second-order valence-electron chi connectivity index (χ2n) is 3.62. The lowest BCUT2D eigenvalue weighted by Crippen LogP contribution is -2.10. The molecule has 1 heterocycles. The van der Waals surface area contributed by atoms with Crippen molar-refractivity contribution in [1.82, 2.24) is 4.98 Å². The number of fused-ring (bicyclic) bond motifs is 1. The number of aromatic nitrogens is 1. The Morgan fingerprint density at radius 3 is 2.71 bits per heavy atom. The van der Waals surface area contributed by atoms with Crippen molar-refractivity contribution in [2.75, 3.05) is 7.11 Å². The van der Waals surface area contributed by atoms with Crippen LogP contribution in [0.15, 0.2) is 23.0 Å². The summed E-state index contributed by atoms with van der Waals surface area (Å²) in [5, 5.41) is 11.6. The van der Waals surface area contributed by atoms with Gasteiger partial charge in [0.15, 0.2) is 5.75 Å². The lowest BCUT2D eigenvalue weighted by atomic mass is 10.1. The van der Waals surface area contributed by atoms with E-state index < -0.39 is 10.5 Å². The SMILES string of the molecule is COc1ccc2cc(C)[nH]c(=O)c2c1[N+](=O)[O-]. The molecule has 0 atom stereocenters. The molecule has 6 heteroatoms. The van der Waals surface area contributed by atoms with Crippen molar-refractivity contribution in [1.29, 1.82) is 0 Å². The highest BCUT2D eigenvalue weighted by atomic mass is 16.6. The van der Waals surface area contributed by atoms with Crippen LogP contribution in [0.3, 0.4) is 0 Å². The van der Waals surface area contributed by atoms with E-state index >= 15 is 0 Å². The van der Waals surface area contributed by atoms with Gasteiger partial charge in [-0.05, 0) is 30.5 Å². The summed E-state index contributed by atoms with van der Waals surface area (Å²) in [7, 11) is 1.33. The molecule has 0 aliphatic heterocycles. The molecule has 0 aliphatic rings. The number of aromatic amines is 1. The molecular formula is C11H10N2O4. The zero-order chi connectivity index (χ0) is 12.6. The summed E-state index contributed by atoms with van der Waals surface area (Å²) in [6.07, 6.45) is 0. The van der Waals surface area contributed by atoms with E-state index in [1.165, 1.54) is 13.2 Å². The Morgan fingerprint density at radius 2 is 2.12 bits per heavy atom. The molecule has 0 bridgehead atoms. The first-order valence-corrected chi connectivity index (χ1v) is 4.89. The van der Waals surface area contributed by atoms with Gasteiger partial charge in [0, 0.05) is 5.69 Å². The standard InChI is InChI=1S/C11H10N2O4/c1-6-5-7-3-4-8(17-2)10(13(15)16)9(7)11(14)12-6/h3-5H,1-2H3,(H,12,14). The minimum atomic E-state index is -0.605. The van der Waals surface area contributed by atoms with Crippen LogP contribution in [-0.4, -0.2) is 17.0 Å². The maximum Gasteiger partial charge on any atom is 0.324 e. The number of pyridine rings is 1. The van der Waals surface area contributed by atoms with Crippen LogP contribution in [0.2, 0.25) is 0 Å². The number of rotatable bonds is 2. The Labute approximate surface area is 96.0 Å². The number of aryl methyl sites for hydroxylation is 1. The van der Waals surface area contributed by atoms with Crippen molar-refractivity contribution in [3.63, 3.8) is 0 Å². The van der Waals surface area contributed by atoms with Crippen LogP contribution in [0.25, 0.3) is 10.8 Å². The smallest absolute Gasteiger partial charge is 0.324 e. The number of H-pyrrole nitrogens is 1. The van der Waals surface area contributed by atoms with Crippen molar-refractivity contribution in [2.24, 2.45) is 0 Å². The number of nitro benzene ring substituents is 1. The van der Waals surface area contributed by atoms with E-state index in [4.69, 9.17) is 4.74 Å². The molecule has 1 aromatic heterocycles. The number of nitro groups is 1. The average Bonchev–Trinajstić information content (AvgIpc) is 2.27. The van der Waals surface area contributed by atoms with E-state index in [0.29, 0.717) is 11.1 Å². The third-order valence-electron chi connectivity index (χ3n) is 2.49. The number of hydrogen-bond acceptors (Lipinski definition) is 4. The quantitative estimate of drug-likeness (QED) is 0.633. The zero-order valence-corrected chi connectivity index (χ0v) is 9.31. The molecule has 0 fully saturated rings. The van der Waals surface area contributed by atoms with Crippen molar-refractivity contribution in [3.8, 4) is 5.75 Å². The number of ether oxygens (including phenoxy) is 1. The summed E-state index contributed by atoms with van der Waals surface area (Å²) < 4.78 is 4.91. The highest BCUT2D eigenvalue weighted by molar-refractivity contribution is 5.93. The van der Waals surface area contributed by atoms with Gasteiger partial charge >= 0.3 is 5.69 Å². The normalized spacial score (nSPS) is 10.5. The van der Waals surface area contributed by atoms with E-state index in [2.05, 4.69) is 4.98 Å². The van der Waals surface area contributed by atoms with Gasteiger partial charge in [-0.1, -0.05) is 0 Å². The molecule has 6 nitrogen and oxygen atoms in total. The van der Waals surface area contributed by atoms with Crippen LogP contribution >= 0.6 is 0 Å². The fraction of sp³-hybridized carbons (Fsp3) is 0.182. The van der Waals surface area contributed by atoms with Gasteiger partial charge in [0.2, 0.25) is 0 Å². The summed E-state index contributed by atoms with van der Waals surface area (Å²) in [5.41, 5.74) is -0.126. The Bertz CT molecular complexity index is 660. The molecular weight excluding hydrogens is 224 g/mol. The molecule has 1 N–H and O–H groups in total. The molecule has 88 valence electrons. The van der Waals surface area contributed by atoms with Gasteiger partial charge in [0.1, 0.15) is 5.39 Å². The first kappa shape index (κ1) is 11.1. The van der Waals surface area contributed by atoms with Crippen LogP contribution < -0.4 is 10.3 Å². The fourth-order valence-corrected chi connectivity index (χ4v) is 1.80. The summed E-state index contributed by atoms with van der Waals surface area (Å²) >= 11 is 0. The predicted octanol–water partition coefficient (Wildman–Crippen LogP) is 1.75. The van der Waals surface area contributed by atoms with Gasteiger partial charge in [-0.15, -0.1) is 0 Å². The molecule has 2 aromatic rings. The summed E-state index contributed by atoms with van der Waals surface area (Å²) in [4.78, 5) is 24.7. The first-order chi connectivity index (χ1) is 8.04. The zero-order valence-electron chi connectivity index (χ0n) is 9.31. The van der Waals surface area contributed by atoms with E-state index in [-0.39, 0.29) is 16.8 Å². The Kier molecular flexibility index (Phi) is 2.55. The highest BCUT2D eigenvalue weighted by Crippen LogP contribution is 2.32. The van der Waals surface area contributed by atoms with Gasteiger partial charge < -0.3 is 9.72 Å². The van der Waals surface area contributed by atoms with Crippen LogP contribution in [-0.2, 0) is 0 Å². The number of nitrogens with zero attached hydrogens (tertiary/aromatic N) is 1. The predicted molar refractivity (Wildman–Crippen MR) is 62.5 cm³/mol. The molecule has 2 rings (SSSR count). The molecule has 0 saturated carbocycles. The number of nitrogens with one attached hydrogen (secondary N) is 1. The molecule has 0 spiro atoms. The molecule has 0 aliphatic carbocycles. The minimum absolute atomic E-state index is 0.0416. The average molecular weight is 234 g/mol. The molecule has 17 heavy (non-hydrogen) atoms.